The molecule has 2 rings (SSSR count). The Morgan fingerprint density at radius 2 is 1.97 bits per heavy atom. The van der Waals surface area contributed by atoms with Crippen molar-refractivity contribution in [1.82, 2.24) is 20.5 Å². The van der Waals surface area contributed by atoms with E-state index >= 15 is 0 Å². The van der Waals surface area contributed by atoms with Crippen LogP contribution in [0.4, 0.5) is 4.79 Å². The summed E-state index contributed by atoms with van der Waals surface area (Å²) < 4.78 is 16.0. The Morgan fingerprint density at radius 1 is 1.17 bits per heavy atom. The lowest BCUT2D eigenvalue weighted by atomic mass is 10.1. The van der Waals surface area contributed by atoms with Crippen molar-refractivity contribution in [3.05, 3.63) is 24.0 Å². The monoisotopic (exact) mass is 410 g/mol. The molecule has 1 aliphatic heterocycles. The molecule has 0 spiro atoms. The molecule has 29 heavy (non-hydrogen) atoms. The van der Waals surface area contributed by atoms with E-state index in [0.29, 0.717) is 24.9 Å². The van der Waals surface area contributed by atoms with Gasteiger partial charge in [0, 0.05) is 18.8 Å². The maximum atomic E-state index is 11.7. The van der Waals surface area contributed by atoms with Crippen LogP contribution in [0.3, 0.4) is 0 Å². The lowest BCUT2D eigenvalue weighted by Gasteiger charge is -2.19. The fraction of sp³-hybridized carbons (Fsp3) is 0.632. The van der Waals surface area contributed by atoms with E-state index in [4.69, 9.17) is 19.3 Å². The number of ether oxygens (including phenoxy) is 3. The molecule has 1 aromatic heterocycles. The summed E-state index contributed by atoms with van der Waals surface area (Å²) >= 11 is 0. The lowest BCUT2D eigenvalue weighted by molar-refractivity contribution is -0.126. The highest BCUT2D eigenvalue weighted by molar-refractivity contribution is 5.77. The third-order valence-electron chi connectivity index (χ3n) is 4.46. The minimum absolute atomic E-state index is 0.0677. The van der Waals surface area contributed by atoms with E-state index in [1.807, 2.05) is 12.3 Å². The third-order valence-corrected chi connectivity index (χ3v) is 4.46. The maximum absolute atomic E-state index is 11.7. The van der Waals surface area contributed by atoms with Crippen LogP contribution in [0.1, 0.15) is 24.4 Å². The average Bonchev–Trinajstić information content (AvgIpc) is 3.13. The molecular formula is C19H30N4O6. The van der Waals surface area contributed by atoms with Crippen LogP contribution in [0.15, 0.2) is 18.5 Å². The summed E-state index contributed by atoms with van der Waals surface area (Å²) in [6.07, 6.45) is 4.78. The van der Waals surface area contributed by atoms with E-state index in [-0.39, 0.29) is 38.9 Å². The van der Waals surface area contributed by atoms with Gasteiger partial charge in [-0.15, -0.1) is 0 Å². The number of aromatic nitrogens is 1. The molecule has 0 saturated carbocycles. The molecule has 0 radical (unpaired) electrons. The number of carbonyl (C=O) groups excluding carboxylic acids is 1. The summed E-state index contributed by atoms with van der Waals surface area (Å²) in [5.41, 5.74) is 1.15. The molecule has 1 atom stereocenters. The van der Waals surface area contributed by atoms with Crippen molar-refractivity contribution in [2.24, 2.45) is 0 Å². The number of hydrogen-bond donors (Lipinski definition) is 3. The standard InChI is InChI=1S/C19H30N4O6/c1-23-6-2-3-17(23)15-11-16(13-20-12-15)29-8-5-21-18(24)14-28-10-9-27-7-4-22-19(25)26/h11-13,17,22H,2-10,14H2,1H3,(H,21,24)(H,25,26)/t17-/m0/s1. The van der Waals surface area contributed by atoms with Crippen LogP contribution in [0.25, 0.3) is 0 Å². The molecule has 2 amide bonds. The van der Waals surface area contributed by atoms with Crippen molar-refractivity contribution < 1.29 is 28.9 Å². The Labute approximate surface area is 170 Å². The van der Waals surface area contributed by atoms with Gasteiger partial charge >= 0.3 is 6.09 Å². The van der Waals surface area contributed by atoms with Gasteiger partial charge in [-0.1, -0.05) is 0 Å². The van der Waals surface area contributed by atoms with Crippen molar-refractivity contribution >= 4 is 12.0 Å². The molecule has 2 heterocycles. The minimum atomic E-state index is -1.09. The van der Waals surface area contributed by atoms with E-state index in [0.717, 1.165) is 18.5 Å². The first-order chi connectivity index (χ1) is 14.1. The highest BCUT2D eigenvalue weighted by atomic mass is 16.5. The fourth-order valence-electron chi connectivity index (χ4n) is 3.05. The zero-order valence-electron chi connectivity index (χ0n) is 16.8. The van der Waals surface area contributed by atoms with Gasteiger partial charge in [0.2, 0.25) is 5.91 Å². The van der Waals surface area contributed by atoms with E-state index in [9.17, 15) is 9.59 Å². The zero-order valence-corrected chi connectivity index (χ0v) is 16.8. The van der Waals surface area contributed by atoms with Gasteiger partial charge in [0.25, 0.3) is 0 Å². The quantitative estimate of drug-likeness (QED) is 0.405. The van der Waals surface area contributed by atoms with Gasteiger partial charge in [0.1, 0.15) is 19.0 Å². The van der Waals surface area contributed by atoms with Crippen molar-refractivity contribution in [2.75, 3.05) is 59.7 Å². The van der Waals surface area contributed by atoms with Crippen molar-refractivity contribution in [3.63, 3.8) is 0 Å². The van der Waals surface area contributed by atoms with Crippen LogP contribution in [0, 0.1) is 0 Å². The number of likely N-dealkylation sites (tertiary alicyclic amines) is 1. The smallest absolute Gasteiger partial charge is 0.404 e. The first kappa shape index (κ1) is 22.9. The number of pyridine rings is 1. The lowest BCUT2D eigenvalue weighted by Crippen LogP contribution is -2.31. The number of carboxylic acid groups (broad SMARTS) is 1. The van der Waals surface area contributed by atoms with Crippen LogP contribution < -0.4 is 15.4 Å². The Bertz CT molecular complexity index is 645. The van der Waals surface area contributed by atoms with Crippen LogP contribution in [0.2, 0.25) is 0 Å². The van der Waals surface area contributed by atoms with E-state index in [1.165, 1.54) is 6.42 Å². The molecule has 1 aliphatic rings. The molecule has 1 saturated heterocycles. The van der Waals surface area contributed by atoms with Crippen molar-refractivity contribution in [1.29, 1.82) is 0 Å². The topological polar surface area (TPSA) is 122 Å². The summed E-state index contributed by atoms with van der Waals surface area (Å²) in [5, 5.41) is 13.3. The molecule has 162 valence electrons. The molecule has 0 aromatic carbocycles. The molecular weight excluding hydrogens is 380 g/mol. The van der Waals surface area contributed by atoms with E-state index in [2.05, 4.69) is 27.6 Å². The number of carbonyl (C=O) groups is 2. The number of rotatable bonds is 13. The molecule has 3 N–H and O–H groups in total. The molecule has 0 unspecified atom stereocenters. The second-order valence-electron chi connectivity index (χ2n) is 6.69. The normalized spacial score (nSPS) is 16.5. The first-order valence-electron chi connectivity index (χ1n) is 9.73. The molecule has 1 aromatic rings. The summed E-state index contributed by atoms with van der Waals surface area (Å²) in [5.74, 6) is 0.462. The number of nitrogens with one attached hydrogen (secondary N) is 2. The van der Waals surface area contributed by atoms with Crippen molar-refractivity contribution in [2.45, 2.75) is 18.9 Å². The predicted octanol–water partition coefficient (Wildman–Crippen LogP) is 0.644. The molecule has 10 nitrogen and oxygen atoms in total. The molecule has 0 aliphatic carbocycles. The second kappa shape index (κ2) is 12.9. The third kappa shape index (κ3) is 9.07. The largest absolute Gasteiger partial charge is 0.490 e. The summed E-state index contributed by atoms with van der Waals surface area (Å²) in [6.45, 7) is 2.75. The van der Waals surface area contributed by atoms with Gasteiger partial charge in [-0.2, -0.15) is 0 Å². The molecule has 1 fully saturated rings. The van der Waals surface area contributed by atoms with Crippen LogP contribution in [0.5, 0.6) is 5.75 Å². The summed E-state index contributed by atoms with van der Waals surface area (Å²) in [4.78, 5) is 28.5. The Balaban J connectivity index is 1.51. The minimum Gasteiger partial charge on any atom is -0.490 e. The molecule has 0 bridgehead atoms. The van der Waals surface area contributed by atoms with Crippen LogP contribution >= 0.6 is 0 Å². The highest BCUT2D eigenvalue weighted by Crippen LogP contribution is 2.31. The van der Waals surface area contributed by atoms with E-state index < -0.39 is 6.09 Å². The number of hydrogen-bond acceptors (Lipinski definition) is 7. The highest BCUT2D eigenvalue weighted by Gasteiger charge is 2.23. The molecule has 10 heteroatoms. The van der Waals surface area contributed by atoms with Crippen LogP contribution in [-0.2, 0) is 14.3 Å². The fourth-order valence-corrected chi connectivity index (χ4v) is 3.05. The van der Waals surface area contributed by atoms with Crippen molar-refractivity contribution in [3.8, 4) is 5.75 Å². The average molecular weight is 410 g/mol. The van der Waals surface area contributed by atoms with Gasteiger partial charge in [-0.3, -0.25) is 14.7 Å². The number of amides is 2. The predicted molar refractivity (Wildman–Crippen MR) is 105 cm³/mol. The van der Waals surface area contributed by atoms with E-state index in [1.54, 1.807) is 6.20 Å². The Morgan fingerprint density at radius 3 is 2.72 bits per heavy atom. The Hall–Kier alpha value is -2.43. The van der Waals surface area contributed by atoms with Gasteiger partial charge in [-0.05, 0) is 38.1 Å². The number of nitrogens with zero attached hydrogens (tertiary/aromatic N) is 2. The summed E-state index contributed by atoms with van der Waals surface area (Å²) in [6, 6.07) is 2.40. The second-order valence-corrected chi connectivity index (χ2v) is 6.69. The summed E-state index contributed by atoms with van der Waals surface area (Å²) in [7, 11) is 2.12. The van der Waals surface area contributed by atoms with Gasteiger partial charge in [0.05, 0.1) is 32.6 Å². The SMILES string of the molecule is CN1CCC[C@H]1c1cncc(OCCNC(=O)COCCOCCNC(=O)O)c1. The Kier molecular flexibility index (Phi) is 10.2. The van der Waals surface area contributed by atoms with Gasteiger partial charge < -0.3 is 30.0 Å². The zero-order chi connectivity index (χ0) is 20.9. The maximum Gasteiger partial charge on any atom is 0.404 e. The van der Waals surface area contributed by atoms with Gasteiger partial charge in [0.15, 0.2) is 0 Å². The first-order valence-corrected chi connectivity index (χ1v) is 9.73. The van der Waals surface area contributed by atoms with Crippen LogP contribution in [-0.4, -0.2) is 86.7 Å². The van der Waals surface area contributed by atoms with Gasteiger partial charge in [-0.25, -0.2) is 4.79 Å².